The molecule has 0 aliphatic carbocycles. The molecular formula is C27H24N4O. The van der Waals surface area contributed by atoms with E-state index in [9.17, 15) is 4.79 Å². The average Bonchev–Trinajstić information content (AvgIpc) is 3.27. The highest BCUT2D eigenvalue weighted by Gasteiger charge is 2.25. The summed E-state index contributed by atoms with van der Waals surface area (Å²) in [7, 11) is 0. The SMILES string of the molecule is CCn1cc(-c2ccc(C#N)cc2)nc1[C@@H](Cc1ccccc1)c1ccccc1C(N)=O. The van der Waals surface area contributed by atoms with Gasteiger partial charge in [-0.2, -0.15) is 5.26 Å². The molecule has 0 spiro atoms. The van der Waals surface area contributed by atoms with Crippen LogP contribution in [0.4, 0.5) is 0 Å². The number of amides is 1. The normalized spacial score (nSPS) is 11.6. The van der Waals surface area contributed by atoms with Gasteiger partial charge in [-0.3, -0.25) is 4.79 Å². The van der Waals surface area contributed by atoms with Gasteiger partial charge < -0.3 is 10.3 Å². The summed E-state index contributed by atoms with van der Waals surface area (Å²) in [6, 6.07) is 27.2. The molecule has 0 fully saturated rings. The van der Waals surface area contributed by atoms with Crippen LogP contribution in [0.25, 0.3) is 11.3 Å². The molecule has 158 valence electrons. The van der Waals surface area contributed by atoms with Crippen molar-refractivity contribution in [3.63, 3.8) is 0 Å². The maximum absolute atomic E-state index is 12.2. The highest BCUT2D eigenvalue weighted by atomic mass is 16.1. The monoisotopic (exact) mass is 420 g/mol. The van der Waals surface area contributed by atoms with Crippen molar-refractivity contribution in [2.45, 2.75) is 25.8 Å². The lowest BCUT2D eigenvalue weighted by atomic mass is 9.87. The molecule has 3 aromatic carbocycles. The highest BCUT2D eigenvalue weighted by Crippen LogP contribution is 2.32. The minimum absolute atomic E-state index is 0.145. The van der Waals surface area contributed by atoms with Crippen LogP contribution in [0.5, 0.6) is 0 Å². The molecule has 0 saturated heterocycles. The third-order valence-corrected chi connectivity index (χ3v) is 5.65. The van der Waals surface area contributed by atoms with Crippen molar-refractivity contribution in [1.82, 2.24) is 9.55 Å². The summed E-state index contributed by atoms with van der Waals surface area (Å²) < 4.78 is 2.12. The maximum atomic E-state index is 12.2. The number of rotatable bonds is 7. The van der Waals surface area contributed by atoms with Crippen LogP contribution < -0.4 is 5.73 Å². The number of nitrogens with zero attached hydrogens (tertiary/aromatic N) is 3. The molecule has 0 radical (unpaired) electrons. The Labute approximate surface area is 187 Å². The third kappa shape index (κ3) is 4.30. The van der Waals surface area contributed by atoms with Gasteiger partial charge in [-0.25, -0.2) is 4.98 Å². The second kappa shape index (κ2) is 9.32. The fraction of sp³-hybridized carbons (Fsp3) is 0.148. The molecule has 0 unspecified atom stereocenters. The van der Waals surface area contributed by atoms with Crippen molar-refractivity contribution in [3.05, 3.63) is 113 Å². The zero-order valence-electron chi connectivity index (χ0n) is 17.9. The average molecular weight is 421 g/mol. The van der Waals surface area contributed by atoms with Gasteiger partial charge >= 0.3 is 0 Å². The summed E-state index contributed by atoms with van der Waals surface area (Å²) in [5.41, 5.74) is 10.7. The predicted molar refractivity (Wildman–Crippen MR) is 125 cm³/mol. The molecule has 1 aromatic heterocycles. The molecule has 1 atom stereocenters. The van der Waals surface area contributed by atoms with E-state index >= 15 is 0 Å². The first kappa shape index (κ1) is 21.1. The first-order valence-corrected chi connectivity index (χ1v) is 10.6. The van der Waals surface area contributed by atoms with E-state index in [1.54, 1.807) is 18.2 Å². The van der Waals surface area contributed by atoms with E-state index in [0.717, 1.165) is 34.8 Å². The van der Waals surface area contributed by atoms with E-state index in [0.29, 0.717) is 17.5 Å². The molecule has 4 rings (SSSR count). The number of nitriles is 1. The van der Waals surface area contributed by atoms with Crippen LogP contribution in [0.15, 0.2) is 85.1 Å². The van der Waals surface area contributed by atoms with Gasteiger partial charge in [-0.05, 0) is 42.7 Å². The Morgan fingerprint density at radius 3 is 2.38 bits per heavy atom. The van der Waals surface area contributed by atoms with Crippen LogP contribution in [-0.2, 0) is 13.0 Å². The van der Waals surface area contributed by atoms with E-state index in [1.165, 1.54) is 0 Å². The Hall–Kier alpha value is -4.17. The molecule has 0 aliphatic rings. The van der Waals surface area contributed by atoms with Gasteiger partial charge in [-0.1, -0.05) is 60.7 Å². The molecule has 1 amide bonds. The number of carbonyl (C=O) groups is 1. The van der Waals surface area contributed by atoms with Crippen molar-refractivity contribution < 1.29 is 4.79 Å². The number of carbonyl (C=O) groups excluding carboxylic acids is 1. The van der Waals surface area contributed by atoms with Crippen molar-refractivity contribution in [1.29, 1.82) is 5.26 Å². The summed E-state index contributed by atoms with van der Waals surface area (Å²) >= 11 is 0. The summed E-state index contributed by atoms with van der Waals surface area (Å²) in [5.74, 6) is 0.290. The van der Waals surface area contributed by atoms with Gasteiger partial charge in [0.25, 0.3) is 0 Å². The van der Waals surface area contributed by atoms with Gasteiger partial charge in [0, 0.05) is 29.8 Å². The number of aromatic nitrogens is 2. The number of hydrogen-bond acceptors (Lipinski definition) is 3. The van der Waals surface area contributed by atoms with Crippen molar-refractivity contribution in [2.24, 2.45) is 5.73 Å². The largest absolute Gasteiger partial charge is 0.366 e. The smallest absolute Gasteiger partial charge is 0.249 e. The zero-order chi connectivity index (χ0) is 22.5. The highest BCUT2D eigenvalue weighted by molar-refractivity contribution is 5.94. The van der Waals surface area contributed by atoms with Crippen LogP contribution in [-0.4, -0.2) is 15.5 Å². The number of benzene rings is 3. The third-order valence-electron chi connectivity index (χ3n) is 5.65. The van der Waals surface area contributed by atoms with E-state index < -0.39 is 5.91 Å². The molecule has 0 aliphatic heterocycles. The van der Waals surface area contributed by atoms with Crippen LogP contribution >= 0.6 is 0 Å². The molecule has 0 saturated carbocycles. The van der Waals surface area contributed by atoms with Gasteiger partial charge in [0.2, 0.25) is 5.91 Å². The zero-order valence-corrected chi connectivity index (χ0v) is 17.9. The van der Waals surface area contributed by atoms with Crippen LogP contribution in [0, 0.1) is 11.3 Å². The lowest BCUT2D eigenvalue weighted by Gasteiger charge is -2.20. The fourth-order valence-electron chi connectivity index (χ4n) is 4.03. The van der Waals surface area contributed by atoms with Gasteiger partial charge in [0.15, 0.2) is 0 Å². The molecule has 4 aromatic rings. The van der Waals surface area contributed by atoms with Crippen LogP contribution in [0.3, 0.4) is 0 Å². The topological polar surface area (TPSA) is 84.7 Å². The molecular weight excluding hydrogens is 396 g/mol. The van der Waals surface area contributed by atoms with E-state index in [4.69, 9.17) is 16.0 Å². The second-order valence-electron chi connectivity index (χ2n) is 7.65. The van der Waals surface area contributed by atoms with Crippen LogP contribution in [0.2, 0.25) is 0 Å². The Bertz CT molecular complexity index is 1270. The van der Waals surface area contributed by atoms with Crippen LogP contribution in [0.1, 0.15) is 45.7 Å². The molecule has 1 heterocycles. The Morgan fingerprint density at radius 2 is 1.72 bits per heavy atom. The Kier molecular flexibility index (Phi) is 6.14. The number of hydrogen-bond donors (Lipinski definition) is 1. The number of aryl methyl sites for hydroxylation is 1. The van der Waals surface area contributed by atoms with Crippen molar-refractivity contribution in [2.75, 3.05) is 0 Å². The predicted octanol–water partition coefficient (Wildman–Crippen LogP) is 4.92. The van der Waals surface area contributed by atoms with E-state index in [-0.39, 0.29) is 5.92 Å². The second-order valence-corrected chi connectivity index (χ2v) is 7.65. The maximum Gasteiger partial charge on any atom is 0.249 e. The molecule has 5 heteroatoms. The first-order valence-electron chi connectivity index (χ1n) is 10.6. The number of nitrogens with two attached hydrogens (primary N) is 1. The summed E-state index contributed by atoms with van der Waals surface area (Å²) in [6.07, 6.45) is 2.72. The standard InChI is InChI=1S/C27H24N4O/c1-2-31-18-25(21-14-12-20(17-28)13-15-21)30-27(31)24(16-19-8-4-3-5-9-19)22-10-6-7-11-23(22)26(29)32/h3-15,18,24H,2,16H2,1H3,(H2,29,32)/t24-/m0/s1. The van der Waals surface area contributed by atoms with Crippen molar-refractivity contribution in [3.8, 4) is 17.3 Å². The minimum atomic E-state index is -0.444. The summed E-state index contributed by atoms with van der Waals surface area (Å²) in [4.78, 5) is 17.2. The lowest BCUT2D eigenvalue weighted by Crippen LogP contribution is -2.19. The molecule has 32 heavy (non-hydrogen) atoms. The lowest BCUT2D eigenvalue weighted by molar-refractivity contribution is 0.0999. The number of primary amides is 1. The quantitative estimate of drug-likeness (QED) is 0.461. The molecule has 2 N–H and O–H groups in total. The Balaban J connectivity index is 1.85. The number of imidazole rings is 1. The Morgan fingerprint density at radius 1 is 1.03 bits per heavy atom. The molecule has 0 bridgehead atoms. The van der Waals surface area contributed by atoms with Gasteiger partial charge in [0.1, 0.15) is 5.82 Å². The molecule has 5 nitrogen and oxygen atoms in total. The van der Waals surface area contributed by atoms with Gasteiger partial charge in [-0.15, -0.1) is 0 Å². The van der Waals surface area contributed by atoms with Crippen molar-refractivity contribution >= 4 is 5.91 Å². The van der Waals surface area contributed by atoms with Gasteiger partial charge in [0.05, 0.1) is 17.3 Å². The van der Waals surface area contributed by atoms with E-state index in [1.807, 2.05) is 54.7 Å². The summed E-state index contributed by atoms with van der Waals surface area (Å²) in [6.45, 7) is 2.82. The summed E-state index contributed by atoms with van der Waals surface area (Å²) in [5, 5.41) is 9.09. The minimum Gasteiger partial charge on any atom is -0.366 e. The fourth-order valence-corrected chi connectivity index (χ4v) is 4.03. The first-order chi connectivity index (χ1) is 15.6. The van der Waals surface area contributed by atoms with E-state index in [2.05, 4.69) is 29.7 Å².